The molecule has 0 aromatic rings. The van der Waals surface area contributed by atoms with Crippen molar-refractivity contribution in [3.8, 4) is 0 Å². The quantitative estimate of drug-likeness (QED) is 0.640. The molecule has 1 aliphatic heterocycles. The molecular formula is C10H14O2. The number of rotatable bonds is 4. The van der Waals surface area contributed by atoms with Gasteiger partial charge in [0.2, 0.25) is 0 Å². The summed E-state index contributed by atoms with van der Waals surface area (Å²) in [6.45, 7) is 2.07. The van der Waals surface area contributed by atoms with Crippen LogP contribution in [0.4, 0.5) is 0 Å². The van der Waals surface area contributed by atoms with E-state index in [1.54, 1.807) is 18.4 Å². The average molecular weight is 166 g/mol. The van der Waals surface area contributed by atoms with Gasteiger partial charge in [0.1, 0.15) is 0 Å². The third-order valence-corrected chi connectivity index (χ3v) is 1.79. The van der Waals surface area contributed by atoms with Crippen molar-refractivity contribution in [2.24, 2.45) is 0 Å². The lowest BCUT2D eigenvalue weighted by Gasteiger charge is -2.12. The Labute approximate surface area is 72.9 Å². The van der Waals surface area contributed by atoms with Gasteiger partial charge in [-0.15, -0.1) is 0 Å². The highest BCUT2D eigenvalue weighted by Gasteiger charge is 2.15. The first-order valence-corrected chi connectivity index (χ1v) is 4.36. The van der Waals surface area contributed by atoms with E-state index in [1.807, 2.05) is 6.08 Å². The first kappa shape index (κ1) is 9.04. The van der Waals surface area contributed by atoms with Crippen LogP contribution in [0, 0.1) is 0 Å². The van der Waals surface area contributed by atoms with E-state index in [2.05, 4.69) is 6.92 Å². The number of ether oxygens (including phenoxy) is 1. The van der Waals surface area contributed by atoms with Gasteiger partial charge in [0.25, 0.3) is 0 Å². The van der Waals surface area contributed by atoms with E-state index in [4.69, 9.17) is 4.74 Å². The van der Waals surface area contributed by atoms with Crippen molar-refractivity contribution < 1.29 is 9.53 Å². The number of allylic oxidation sites excluding steroid dienone is 2. The number of hydrogen-bond acceptors (Lipinski definition) is 2. The number of carbonyl (C=O) groups excluding carboxylic acids is 1. The third kappa shape index (κ3) is 2.53. The summed E-state index contributed by atoms with van der Waals surface area (Å²) in [4.78, 5) is 11.3. The first-order valence-electron chi connectivity index (χ1n) is 4.36. The van der Waals surface area contributed by atoms with E-state index in [9.17, 15) is 4.79 Å². The van der Waals surface area contributed by atoms with E-state index < -0.39 is 0 Å². The Morgan fingerprint density at radius 1 is 1.50 bits per heavy atom. The van der Waals surface area contributed by atoms with Crippen molar-refractivity contribution in [2.75, 3.05) is 0 Å². The molecule has 1 heterocycles. The largest absolute Gasteiger partial charge is 0.486 e. The zero-order valence-electron chi connectivity index (χ0n) is 7.32. The fourth-order valence-corrected chi connectivity index (χ4v) is 1.06. The molecule has 2 nitrogen and oxygen atoms in total. The lowest BCUT2D eigenvalue weighted by atomic mass is 10.1. The van der Waals surface area contributed by atoms with Crippen LogP contribution < -0.4 is 0 Å². The second-order valence-corrected chi connectivity index (χ2v) is 2.84. The molecule has 1 aliphatic rings. The Kier molecular flexibility index (Phi) is 3.58. The van der Waals surface area contributed by atoms with E-state index in [1.165, 1.54) is 0 Å². The predicted octanol–water partition coefficient (Wildman–Crippen LogP) is 2.21. The zero-order chi connectivity index (χ0) is 8.81. The van der Waals surface area contributed by atoms with Gasteiger partial charge in [-0.25, -0.2) is 0 Å². The van der Waals surface area contributed by atoms with Crippen LogP contribution in [0.25, 0.3) is 0 Å². The monoisotopic (exact) mass is 166 g/mol. The topological polar surface area (TPSA) is 26.3 Å². The molecule has 0 amide bonds. The average Bonchev–Trinajstić information content (AvgIpc) is 2.15. The Hall–Kier alpha value is -1.05. The van der Waals surface area contributed by atoms with Crippen LogP contribution in [-0.2, 0) is 9.53 Å². The van der Waals surface area contributed by atoms with Gasteiger partial charge in [0.05, 0.1) is 6.26 Å². The summed E-state index contributed by atoms with van der Waals surface area (Å²) in [7, 11) is 0. The van der Waals surface area contributed by atoms with Crippen molar-refractivity contribution in [3.63, 3.8) is 0 Å². The summed E-state index contributed by atoms with van der Waals surface area (Å²) >= 11 is 0. The first-order chi connectivity index (χ1) is 5.84. The molecule has 2 heteroatoms. The Morgan fingerprint density at radius 2 is 2.33 bits per heavy atom. The maximum Gasteiger partial charge on any atom is 0.177 e. The van der Waals surface area contributed by atoms with Gasteiger partial charge in [0.15, 0.2) is 11.9 Å². The molecule has 0 fully saturated rings. The van der Waals surface area contributed by atoms with Crippen LogP contribution >= 0.6 is 0 Å². The summed E-state index contributed by atoms with van der Waals surface area (Å²) in [6, 6.07) is 0. The van der Waals surface area contributed by atoms with Gasteiger partial charge >= 0.3 is 0 Å². The molecule has 0 bridgehead atoms. The smallest absolute Gasteiger partial charge is 0.177 e. The number of ketones is 1. The fourth-order valence-electron chi connectivity index (χ4n) is 1.06. The number of Topliss-reactive ketones (excluding diaryl/α,β-unsaturated/α-hetero) is 1. The molecule has 66 valence electrons. The summed E-state index contributed by atoms with van der Waals surface area (Å²) < 4.78 is 5.12. The summed E-state index contributed by atoms with van der Waals surface area (Å²) in [5.74, 6) is 0.178. The number of carbonyl (C=O) groups is 1. The lowest BCUT2D eigenvalue weighted by molar-refractivity contribution is -0.125. The molecule has 1 rings (SSSR count). The molecule has 0 spiro atoms. The van der Waals surface area contributed by atoms with Gasteiger partial charge in [-0.3, -0.25) is 4.79 Å². The molecular weight excluding hydrogens is 152 g/mol. The van der Waals surface area contributed by atoms with Gasteiger partial charge in [-0.2, -0.15) is 0 Å². The minimum absolute atomic E-state index is 0.178. The second kappa shape index (κ2) is 4.75. The van der Waals surface area contributed by atoms with Gasteiger partial charge in [-0.05, 0) is 18.6 Å². The highest BCUT2D eigenvalue weighted by Crippen LogP contribution is 2.07. The molecule has 0 aliphatic carbocycles. The molecule has 12 heavy (non-hydrogen) atoms. The number of hydrogen-bond donors (Lipinski definition) is 0. The molecule has 0 saturated heterocycles. The minimum Gasteiger partial charge on any atom is -0.486 e. The van der Waals surface area contributed by atoms with E-state index in [0.717, 1.165) is 12.8 Å². The molecule has 1 atom stereocenters. The molecule has 0 radical (unpaired) electrons. The van der Waals surface area contributed by atoms with E-state index in [0.29, 0.717) is 6.42 Å². The highest BCUT2D eigenvalue weighted by molar-refractivity contribution is 5.85. The Morgan fingerprint density at radius 3 is 2.92 bits per heavy atom. The molecule has 0 aromatic heterocycles. The predicted molar refractivity (Wildman–Crippen MR) is 47.7 cm³/mol. The zero-order valence-corrected chi connectivity index (χ0v) is 7.32. The third-order valence-electron chi connectivity index (χ3n) is 1.79. The van der Waals surface area contributed by atoms with Crippen LogP contribution in [0.2, 0.25) is 0 Å². The minimum atomic E-state index is -0.332. The molecule has 0 aromatic carbocycles. The lowest BCUT2D eigenvalue weighted by Crippen LogP contribution is -2.20. The Bertz CT molecular complexity index is 204. The standard InChI is InChI=1S/C10H14O2/c1-2-3-6-9(11)10-7-4-5-8-12-10/h4-5,7-8,10H,2-3,6H2,1H3. The van der Waals surface area contributed by atoms with Crippen molar-refractivity contribution >= 4 is 5.78 Å². The molecule has 1 unspecified atom stereocenters. The maximum atomic E-state index is 11.3. The number of unbranched alkanes of at least 4 members (excludes halogenated alkanes) is 1. The summed E-state index contributed by atoms with van der Waals surface area (Å²) in [6.07, 6.45) is 9.28. The maximum absolute atomic E-state index is 11.3. The summed E-state index contributed by atoms with van der Waals surface area (Å²) in [5, 5.41) is 0. The van der Waals surface area contributed by atoms with Crippen LogP contribution in [0.1, 0.15) is 26.2 Å². The summed E-state index contributed by atoms with van der Waals surface area (Å²) in [5.41, 5.74) is 0. The molecule has 0 saturated carbocycles. The van der Waals surface area contributed by atoms with E-state index >= 15 is 0 Å². The van der Waals surface area contributed by atoms with Crippen molar-refractivity contribution in [2.45, 2.75) is 32.3 Å². The van der Waals surface area contributed by atoms with Crippen LogP contribution in [0.3, 0.4) is 0 Å². The highest BCUT2D eigenvalue weighted by atomic mass is 16.5. The SMILES string of the molecule is CCCCC(=O)C1C=CC=CO1. The van der Waals surface area contributed by atoms with Gasteiger partial charge < -0.3 is 4.74 Å². The second-order valence-electron chi connectivity index (χ2n) is 2.84. The molecule has 0 N–H and O–H groups in total. The van der Waals surface area contributed by atoms with Crippen LogP contribution in [-0.4, -0.2) is 11.9 Å². The Balaban J connectivity index is 2.32. The van der Waals surface area contributed by atoms with Crippen molar-refractivity contribution in [1.29, 1.82) is 0 Å². The fraction of sp³-hybridized carbons (Fsp3) is 0.500. The van der Waals surface area contributed by atoms with Gasteiger partial charge in [-0.1, -0.05) is 19.4 Å². The van der Waals surface area contributed by atoms with Crippen LogP contribution in [0.15, 0.2) is 24.5 Å². The van der Waals surface area contributed by atoms with Crippen molar-refractivity contribution in [3.05, 3.63) is 24.5 Å². The normalized spacial score (nSPS) is 20.6. The van der Waals surface area contributed by atoms with Crippen molar-refractivity contribution in [1.82, 2.24) is 0 Å². The van der Waals surface area contributed by atoms with Gasteiger partial charge in [0, 0.05) is 6.42 Å². The van der Waals surface area contributed by atoms with Crippen LogP contribution in [0.5, 0.6) is 0 Å². The van der Waals surface area contributed by atoms with E-state index in [-0.39, 0.29) is 11.9 Å².